The highest BCUT2D eigenvalue weighted by Crippen LogP contribution is 2.23. The fourth-order valence-corrected chi connectivity index (χ4v) is 3.01. The molecule has 0 fully saturated rings. The molecule has 2 rings (SSSR count). The summed E-state index contributed by atoms with van der Waals surface area (Å²) in [5.41, 5.74) is 6.46. The van der Waals surface area contributed by atoms with E-state index in [1.807, 2.05) is 13.8 Å². The van der Waals surface area contributed by atoms with Crippen molar-refractivity contribution in [3.63, 3.8) is 0 Å². The molecule has 0 aliphatic carbocycles. The number of methoxy groups -OCH3 is 1. The molecule has 0 unspecified atom stereocenters. The van der Waals surface area contributed by atoms with Gasteiger partial charge in [-0.15, -0.1) is 0 Å². The number of benzene rings is 1. The quantitative estimate of drug-likeness (QED) is 0.848. The molecular weight excluding hydrogens is 280 g/mol. The van der Waals surface area contributed by atoms with Crippen LogP contribution in [0.1, 0.15) is 20.3 Å². The van der Waals surface area contributed by atoms with Gasteiger partial charge in [-0.2, -0.15) is 4.98 Å². The normalized spacial score (nSPS) is 12.9. The number of rotatable bonds is 5. The summed E-state index contributed by atoms with van der Waals surface area (Å²) < 4.78 is 34.9. The third-order valence-corrected chi connectivity index (χ3v) is 4.63. The van der Waals surface area contributed by atoms with Crippen LogP contribution in [0, 0.1) is 0 Å². The minimum absolute atomic E-state index is 0.0872. The lowest BCUT2D eigenvalue weighted by Gasteiger charge is -2.21. The van der Waals surface area contributed by atoms with Crippen molar-refractivity contribution in [3.8, 4) is 0 Å². The lowest BCUT2D eigenvalue weighted by atomic mass is 10.1. The smallest absolute Gasteiger partial charge is 0.316 e. The predicted molar refractivity (Wildman–Crippen MR) is 76.2 cm³/mol. The Kier molecular flexibility index (Phi) is 3.75. The van der Waals surface area contributed by atoms with Crippen LogP contribution in [0.25, 0.3) is 11.1 Å². The molecule has 1 aromatic carbocycles. The molecule has 1 heterocycles. The molecular formula is C13H18N2O4S. The summed E-state index contributed by atoms with van der Waals surface area (Å²) in [5, 5.41) is -0.273. The zero-order valence-electron chi connectivity index (χ0n) is 11.7. The molecule has 6 nitrogen and oxygen atoms in total. The number of anilines is 1. The van der Waals surface area contributed by atoms with Gasteiger partial charge in [0, 0.05) is 18.9 Å². The number of nitrogen functional groups attached to an aromatic ring is 1. The van der Waals surface area contributed by atoms with Crippen LogP contribution in [0.5, 0.6) is 0 Å². The Morgan fingerprint density at radius 2 is 2.10 bits per heavy atom. The second-order valence-corrected chi connectivity index (χ2v) is 7.23. The maximum atomic E-state index is 12.2. The van der Waals surface area contributed by atoms with Crippen LogP contribution in [0.3, 0.4) is 0 Å². The number of fused-ring (bicyclic) bond motifs is 1. The number of sulfone groups is 1. The topological polar surface area (TPSA) is 95.4 Å². The largest absolute Gasteiger partial charge is 0.428 e. The molecule has 0 saturated carbocycles. The van der Waals surface area contributed by atoms with E-state index in [4.69, 9.17) is 14.9 Å². The SMILES string of the molecule is COC(C)(C)CCS(=O)(=O)c1nc2ccc(N)cc2o1. The number of oxazole rings is 1. The van der Waals surface area contributed by atoms with E-state index in [1.165, 1.54) is 0 Å². The van der Waals surface area contributed by atoms with Crippen molar-refractivity contribution < 1.29 is 17.6 Å². The molecule has 0 aliphatic heterocycles. The van der Waals surface area contributed by atoms with Crippen LogP contribution in [0.15, 0.2) is 27.8 Å². The van der Waals surface area contributed by atoms with E-state index in [0.29, 0.717) is 23.2 Å². The van der Waals surface area contributed by atoms with Crippen molar-refractivity contribution in [2.75, 3.05) is 18.6 Å². The number of hydrogen-bond donors (Lipinski definition) is 1. The van der Waals surface area contributed by atoms with Gasteiger partial charge in [0.2, 0.25) is 9.84 Å². The highest BCUT2D eigenvalue weighted by Gasteiger charge is 2.26. The van der Waals surface area contributed by atoms with Crippen LogP contribution in [-0.4, -0.2) is 31.9 Å². The maximum Gasteiger partial charge on any atom is 0.316 e. The Balaban J connectivity index is 2.28. The fourth-order valence-electron chi connectivity index (χ4n) is 1.62. The number of aromatic nitrogens is 1. The van der Waals surface area contributed by atoms with E-state index in [9.17, 15) is 8.42 Å². The van der Waals surface area contributed by atoms with Crippen LogP contribution < -0.4 is 5.73 Å². The van der Waals surface area contributed by atoms with Gasteiger partial charge in [-0.1, -0.05) is 0 Å². The molecule has 0 amide bonds. The first kappa shape index (κ1) is 14.8. The Hall–Kier alpha value is -1.60. The van der Waals surface area contributed by atoms with Crippen molar-refractivity contribution in [1.29, 1.82) is 0 Å². The van der Waals surface area contributed by atoms with Gasteiger partial charge in [-0.3, -0.25) is 0 Å². The molecule has 0 atom stereocenters. The number of nitrogens with zero attached hydrogens (tertiary/aromatic N) is 1. The van der Waals surface area contributed by atoms with Gasteiger partial charge in [0.1, 0.15) is 5.52 Å². The molecule has 110 valence electrons. The average Bonchev–Trinajstić information content (AvgIpc) is 2.80. The zero-order valence-corrected chi connectivity index (χ0v) is 12.5. The van der Waals surface area contributed by atoms with E-state index in [1.54, 1.807) is 25.3 Å². The van der Waals surface area contributed by atoms with Crippen molar-refractivity contribution in [2.24, 2.45) is 0 Å². The first-order chi connectivity index (χ1) is 9.23. The van der Waals surface area contributed by atoms with E-state index in [2.05, 4.69) is 4.98 Å². The maximum absolute atomic E-state index is 12.2. The van der Waals surface area contributed by atoms with Gasteiger partial charge in [-0.25, -0.2) is 8.42 Å². The molecule has 7 heteroatoms. The van der Waals surface area contributed by atoms with E-state index in [-0.39, 0.29) is 11.0 Å². The van der Waals surface area contributed by atoms with Crippen LogP contribution in [0.4, 0.5) is 5.69 Å². The third-order valence-electron chi connectivity index (χ3n) is 3.18. The first-order valence-corrected chi connectivity index (χ1v) is 7.83. The van der Waals surface area contributed by atoms with E-state index >= 15 is 0 Å². The Morgan fingerprint density at radius 3 is 2.75 bits per heavy atom. The standard InChI is InChI=1S/C13H18N2O4S/c1-13(2,18-3)6-7-20(16,17)12-15-10-5-4-9(14)8-11(10)19-12/h4-5,8H,6-7,14H2,1-3H3. The molecule has 20 heavy (non-hydrogen) atoms. The summed E-state index contributed by atoms with van der Waals surface area (Å²) in [7, 11) is -2.03. The van der Waals surface area contributed by atoms with Crippen molar-refractivity contribution in [1.82, 2.24) is 4.98 Å². The second kappa shape index (κ2) is 5.06. The third kappa shape index (κ3) is 3.10. The van der Waals surface area contributed by atoms with Gasteiger partial charge < -0.3 is 14.9 Å². The van der Waals surface area contributed by atoms with Gasteiger partial charge in [0.05, 0.1) is 11.4 Å². The molecule has 0 bridgehead atoms. The monoisotopic (exact) mass is 298 g/mol. The molecule has 0 radical (unpaired) electrons. The van der Waals surface area contributed by atoms with Crippen LogP contribution >= 0.6 is 0 Å². The number of nitrogens with two attached hydrogens (primary N) is 1. The minimum atomic E-state index is -3.58. The van der Waals surface area contributed by atoms with Gasteiger partial charge in [0.25, 0.3) is 0 Å². The van der Waals surface area contributed by atoms with Gasteiger partial charge in [-0.05, 0) is 32.4 Å². The minimum Gasteiger partial charge on any atom is -0.428 e. The lowest BCUT2D eigenvalue weighted by molar-refractivity contribution is 0.0202. The highest BCUT2D eigenvalue weighted by molar-refractivity contribution is 7.91. The number of hydrogen-bond acceptors (Lipinski definition) is 6. The highest BCUT2D eigenvalue weighted by atomic mass is 32.2. The second-order valence-electron chi connectivity index (χ2n) is 5.24. The average molecular weight is 298 g/mol. The van der Waals surface area contributed by atoms with Gasteiger partial charge >= 0.3 is 5.22 Å². The summed E-state index contributed by atoms with van der Waals surface area (Å²) in [5.74, 6) is -0.0872. The summed E-state index contributed by atoms with van der Waals surface area (Å²) in [6.45, 7) is 3.66. The van der Waals surface area contributed by atoms with Crippen LogP contribution in [0.2, 0.25) is 0 Å². The van der Waals surface area contributed by atoms with Crippen molar-refractivity contribution in [2.45, 2.75) is 31.1 Å². The van der Waals surface area contributed by atoms with E-state index < -0.39 is 15.4 Å². The molecule has 0 aliphatic rings. The summed E-state index contributed by atoms with van der Waals surface area (Å²) in [6.07, 6.45) is 0.354. The zero-order chi connectivity index (χ0) is 15.0. The summed E-state index contributed by atoms with van der Waals surface area (Å²) >= 11 is 0. The molecule has 2 N–H and O–H groups in total. The summed E-state index contributed by atoms with van der Waals surface area (Å²) in [6, 6.07) is 4.84. The van der Waals surface area contributed by atoms with Crippen LogP contribution in [-0.2, 0) is 14.6 Å². The molecule has 0 spiro atoms. The Bertz CT molecular complexity index is 719. The Morgan fingerprint density at radius 1 is 1.40 bits per heavy atom. The van der Waals surface area contributed by atoms with Gasteiger partial charge in [0.15, 0.2) is 5.58 Å². The molecule has 2 aromatic rings. The van der Waals surface area contributed by atoms with Crippen molar-refractivity contribution in [3.05, 3.63) is 18.2 Å². The predicted octanol–water partition coefficient (Wildman–Crippen LogP) is 2.00. The number of ether oxygens (including phenoxy) is 1. The molecule has 1 aromatic heterocycles. The Labute approximate surface area is 117 Å². The fraction of sp³-hybridized carbons (Fsp3) is 0.462. The first-order valence-electron chi connectivity index (χ1n) is 6.17. The van der Waals surface area contributed by atoms with Crippen molar-refractivity contribution >= 4 is 26.6 Å². The molecule has 0 saturated heterocycles. The summed E-state index contributed by atoms with van der Waals surface area (Å²) in [4.78, 5) is 4.00. The van der Waals surface area contributed by atoms with E-state index in [0.717, 1.165) is 0 Å². The lowest BCUT2D eigenvalue weighted by Crippen LogP contribution is -2.26.